The maximum atomic E-state index is 12.9. The summed E-state index contributed by atoms with van der Waals surface area (Å²) in [5.41, 5.74) is 4.30. The fraction of sp³-hybridized carbons (Fsp3) is 0.136. The minimum absolute atomic E-state index is 0.128. The Morgan fingerprint density at radius 2 is 1.71 bits per heavy atom. The Labute approximate surface area is 163 Å². The van der Waals surface area contributed by atoms with Crippen molar-refractivity contribution in [1.29, 1.82) is 0 Å². The maximum Gasteiger partial charge on any atom is 0.270 e. The number of carbonyl (C=O) groups is 1. The number of anilines is 2. The molecule has 0 aromatic heterocycles. The molecule has 0 fully saturated rings. The number of benzene rings is 3. The molecule has 142 valence electrons. The van der Waals surface area contributed by atoms with Crippen molar-refractivity contribution >= 4 is 23.0 Å². The maximum absolute atomic E-state index is 12.9. The van der Waals surface area contributed by atoms with E-state index in [1.54, 1.807) is 6.07 Å². The van der Waals surface area contributed by atoms with E-state index in [9.17, 15) is 14.9 Å². The van der Waals surface area contributed by atoms with Gasteiger partial charge in [0.25, 0.3) is 11.6 Å². The highest BCUT2D eigenvalue weighted by atomic mass is 16.6. The Hall–Kier alpha value is -3.67. The zero-order chi connectivity index (χ0) is 20.1. The lowest BCUT2D eigenvalue weighted by Gasteiger charge is -2.14. The minimum Gasteiger partial charge on any atom is -0.380 e. The minimum atomic E-state index is -0.504. The molecule has 3 rings (SSSR count). The number of rotatable bonds is 6. The van der Waals surface area contributed by atoms with Crippen LogP contribution in [0.25, 0.3) is 0 Å². The Kier molecular flexibility index (Phi) is 5.69. The molecule has 0 atom stereocenters. The second-order valence-electron chi connectivity index (χ2n) is 6.60. The third-order valence-corrected chi connectivity index (χ3v) is 4.43. The summed E-state index contributed by atoms with van der Waals surface area (Å²) >= 11 is 0. The highest BCUT2D eigenvalue weighted by Gasteiger charge is 2.17. The zero-order valence-electron chi connectivity index (χ0n) is 15.7. The van der Waals surface area contributed by atoms with Gasteiger partial charge in [-0.05, 0) is 42.7 Å². The molecule has 1 amide bonds. The van der Waals surface area contributed by atoms with Crippen LogP contribution in [-0.2, 0) is 6.54 Å². The lowest BCUT2D eigenvalue weighted by Crippen LogP contribution is -2.16. The van der Waals surface area contributed by atoms with Gasteiger partial charge in [-0.3, -0.25) is 14.9 Å². The first-order chi connectivity index (χ1) is 13.4. The molecule has 0 saturated heterocycles. The molecule has 6 nitrogen and oxygen atoms in total. The largest absolute Gasteiger partial charge is 0.380 e. The molecular weight excluding hydrogens is 354 g/mol. The van der Waals surface area contributed by atoms with Crippen LogP contribution in [-0.4, -0.2) is 10.8 Å². The first kappa shape index (κ1) is 19.1. The van der Waals surface area contributed by atoms with Crippen LogP contribution in [0.15, 0.2) is 66.7 Å². The Balaban J connectivity index is 1.89. The van der Waals surface area contributed by atoms with Gasteiger partial charge in [0.15, 0.2) is 0 Å². The Morgan fingerprint density at radius 1 is 0.964 bits per heavy atom. The van der Waals surface area contributed by atoms with Crippen LogP contribution in [0.5, 0.6) is 0 Å². The number of non-ortho nitro benzene ring substituents is 1. The van der Waals surface area contributed by atoms with Crippen molar-refractivity contribution in [3.05, 3.63) is 99.1 Å². The van der Waals surface area contributed by atoms with E-state index in [4.69, 9.17) is 0 Å². The monoisotopic (exact) mass is 375 g/mol. The van der Waals surface area contributed by atoms with E-state index >= 15 is 0 Å². The van der Waals surface area contributed by atoms with E-state index in [1.807, 2.05) is 62.4 Å². The molecule has 2 N–H and O–H groups in total. The molecule has 3 aromatic rings. The van der Waals surface area contributed by atoms with E-state index in [2.05, 4.69) is 10.6 Å². The van der Waals surface area contributed by atoms with Crippen LogP contribution in [0, 0.1) is 24.0 Å². The van der Waals surface area contributed by atoms with Crippen molar-refractivity contribution < 1.29 is 9.72 Å². The second kappa shape index (κ2) is 8.35. The normalized spacial score (nSPS) is 10.4. The van der Waals surface area contributed by atoms with E-state index in [0.717, 1.165) is 16.7 Å². The summed E-state index contributed by atoms with van der Waals surface area (Å²) in [5, 5.41) is 17.3. The van der Waals surface area contributed by atoms with Crippen LogP contribution in [0.3, 0.4) is 0 Å². The van der Waals surface area contributed by atoms with E-state index in [0.29, 0.717) is 17.9 Å². The van der Waals surface area contributed by atoms with Crippen molar-refractivity contribution in [3.63, 3.8) is 0 Å². The molecule has 0 unspecified atom stereocenters. The number of carbonyl (C=O) groups excluding carboxylic acids is 1. The highest BCUT2D eigenvalue weighted by molar-refractivity contribution is 6.08. The predicted octanol–water partition coefficient (Wildman–Crippen LogP) is 5.08. The van der Waals surface area contributed by atoms with Crippen molar-refractivity contribution in [2.24, 2.45) is 0 Å². The quantitative estimate of drug-likeness (QED) is 0.465. The summed E-state index contributed by atoms with van der Waals surface area (Å²) in [4.78, 5) is 23.6. The van der Waals surface area contributed by atoms with Crippen LogP contribution in [0.2, 0.25) is 0 Å². The average Bonchev–Trinajstić information content (AvgIpc) is 2.69. The fourth-order valence-electron chi connectivity index (χ4n) is 2.84. The lowest BCUT2D eigenvalue weighted by molar-refractivity contribution is -0.384. The molecule has 6 heteroatoms. The number of nitrogens with one attached hydrogen (secondary N) is 2. The lowest BCUT2D eigenvalue weighted by atomic mass is 10.1. The molecule has 0 aliphatic heterocycles. The van der Waals surface area contributed by atoms with Gasteiger partial charge < -0.3 is 10.6 Å². The van der Waals surface area contributed by atoms with Gasteiger partial charge in [-0.15, -0.1) is 0 Å². The number of amides is 1. The Morgan fingerprint density at radius 3 is 2.43 bits per heavy atom. The summed E-state index contributed by atoms with van der Waals surface area (Å²) in [6.45, 7) is 4.34. The third kappa shape index (κ3) is 4.54. The number of hydrogen-bond acceptors (Lipinski definition) is 4. The van der Waals surface area contributed by atoms with Gasteiger partial charge in [0.05, 0.1) is 10.5 Å². The van der Waals surface area contributed by atoms with Crippen LogP contribution < -0.4 is 10.6 Å². The number of nitro benzene ring substituents is 1. The van der Waals surface area contributed by atoms with E-state index in [-0.39, 0.29) is 11.3 Å². The van der Waals surface area contributed by atoms with Crippen LogP contribution in [0.4, 0.5) is 17.1 Å². The molecule has 3 aromatic carbocycles. The zero-order valence-corrected chi connectivity index (χ0v) is 15.7. The molecule has 0 bridgehead atoms. The van der Waals surface area contributed by atoms with E-state index < -0.39 is 10.8 Å². The predicted molar refractivity (Wildman–Crippen MR) is 111 cm³/mol. The molecule has 28 heavy (non-hydrogen) atoms. The molecule has 0 aliphatic carbocycles. The first-order valence-corrected chi connectivity index (χ1v) is 8.89. The number of nitro groups is 1. The smallest absolute Gasteiger partial charge is 0.270 e. The van der Waals surface area contributed by atoms with Gasteiger partial charge in [0, 0.05) is 30.1 Å². The van der Waals surface area contributed by atoms with Gasteiger partial charge in [0.1, 0.15) is 0 Å². The van der Waals surface area contributed by atoms with Gasteiger partial charge in [-0.2, -0.15) is 0 Å². The standard InChI is InChI=1S/C22H21N3O3/c1-15-8-9-16(2)21(12-15)24-22(26)19-13-18(25(27)28)10-11-20(19)23-14-17-6-4-3-5-7-17/h3-13,23H,14H2,1-2H3,(H,24,26). The Bertz CT molecular complexity index is 1020. The third-order valence-electron chi connectivity index (χ3n) is 4.43. The molecule has 0 aliphatic rings. The SMILES string of the molecule is Cc1ccc(C)c(NC(=O)c2cc([N+](=O)[O-])ccc2NCc2ccccc2)c1. The summed E-state index contributed by atoms with van der Waals surface area (Å²) in [6.07, 6.45) is 0. The second-order valence-corrected chi connectivity index (χ2v) is 6.60. The number of hydrogen-bond donors (Lipinski definition) is 2. The molecule has 0 spiro atoms. The van der Waals surface area contributed by atoms with Crippen molar-refractivity contribution in [2.45, 2.75) is 20.4 Å². The topological polar surface area (TPSA) is 84.3 Å². The highest BCUT2D eigenvalue weighted by Crippen LogP contribution is 2.25. The molecule has 0 radical (unpaired) electrons. The summed E-state index contributed by atoms with van der Waals surface area (Å²) in [6, 6.07) is 19.7. The van der Waals surface area contributed by atoms with Gasteiger partial charge >= 0.3 is 0 Å². The molecule has 0 heterocycles. The number of aryl methyl sites for hydroxylation is 2. The van der Waals surface area contributed by atoms with Gasteiger partial charge in [0.2, 0.25) is 0 Å². The van der Waals surface area contributed by atoms with Crippen LogP contribution >= 0.6 is 0 Å². The van der Waals surface area contributed by atoms with Gasteiger partial charge in [-0.25, -0.2) is 0 Å². The average molecular weight is 375 g/mol. The van der Waals surface area contributed by atoms with Crippen molar-refractivity contribution in [2.75, 3.05) is 10.6 Å². The van der Waals surface area contributed by atoms with E-state index in [1.165, 1.54) is 12.1 Å². The van der Waals surface area contributed by atoms with Crippen molar-refractivity contribution in [3.8, 4) is 0 Å². The summed E-state index contributed by atoms with van der Waals surface area (Å²) in [7, 11) is 0. The first-order valence-electron chi connectivity index (χ1n) is 8.89. The van der Waals surface area contributed by atoms with Gasteiger partial charge in [-0.1, -0.05) is 42.5 Å². The summed E-state index contributed by atoms with van der Waals surface area (Å²) in [5.74, 6) is -0.395. The number of nitrogens with zero attached hydrogens (tertiary/aromatic N) is 1. The molecular formula is C22H21N3O3. The van der Waals surface area contributed by atoms with Crippen molar-refractivity contribution in [1.82, 2.24) is 0 Å². The van der Waals surface area contributed by atoms with Crippen LogP contribution in [0.1, 0.15) is 27.0 Å². The fourth-order valence-corrected chi connectivity index (χ4v) is 2.84. The summed E-state index contributed by atoms with van der Waals surface area (Å²) < 4.78 is 0. The molecule has 0 saturated carbocycles.